The first kappa shape index (κ1) is 22.1. The molecule has 1 aliphatic rings. The van der Waals surface area contributed by atoms with Gasteiger partial charge in [-0.15, -0.1) is 0 Å². The average molecular weight is 461 g/mol. The molecule has 5 rings (SSSR count). The van der Waals surface area contributed by atoms with Crippen molar-refractivity contribution in [2.24, 2.45) is 9.98 Å². The van der Waals surface area contributed by atoms with E-state index in [2.05, 4.69) is 79.7 Å². The van der Waals surface area contributed by atoms with Crippen LogP contribution in [0.25, 0.3) is 16.8 Å². The van der Waals surface area contributed by atoms with Gasteiger partial charge in [-0.25, -0.2) is 9.98 Å². The van der Waals surface area contributed by atoms with Crippen LogP contribution in [0.1, 0.15) is 36.5 Å². The molecular weight excluding hydrogens is 436 g/mol. The Morgan fingerprint density at radius 1 is 0.559 bits per heavy atom. The number of amidine groups is 1. The number of benzene rings is 4. The Bertz CT molecular complexity index is 1380. The highest BCUT2D eigenvalue weighted by Gasteiger charge is 2.16. The van der Waals surface area contributed by atoms with E-state index in [4.69, 9.17) is 21.6 Å². The third-order valence-electron chi connectivity index (χ3n) is 6.05. The lowest BCUT2D eigenvalue weighted by atomic mass is 9.96. The van der Waals surface area contributed by atoms with Crippen molar-refractivity contribution in [2.45, 2.75) is 19.8 Å². The van der Waals surface area contributed by atoms with E-state index in [0.717, 1.165) is 62.9 Å². The second-order valence-electron chi connectivity index (χ2n) is 8.44. The van der Waals surface area contributed by atoms with E-state index in [-0.39, 0.29) is 0 Å². The third kappa shape index (κ3) is 4.93. The van der Waals surface area contributed by atoms with Gasteiger partial charge in [0, 0.05) is 16.1 Å². The molecule has 166 valence electrons. The molecule has 0 fully saturated rings. The molecule has 0 amide bonds. The molecule has 0 saturated carbocycles. The zero-order valence-corrected chi connectivity index (χ0v) is 19.8. The molecule has 4 aromatic rings. The molecule has 0 aromatic heterocycles. The molecule has 0 unspecified atom stereocenters. The zero-order chi connectivity index (χ0) is 23.3. The van der Waals surface area contributed by atoms with Crippen LogP contribution in [0.15, 0.2) is 125 Å². The number of rotatable bonds is 4. The summed E-state index contributed by atoms with van der Waals surface area (Å²) in [6, 6.07) is 37.2. The van der Waals surface area contributed by atoms with Crippen LogP contribution in [0.5, 0.6) is 0 Å². The van der Waals surface area contributed by atoms with Gasteiger partial charge in [0.1, 0.15) is 0 Å². The molecule has 4 aromatic carbocycles. The highest BCUT2D eigenvalue weighted by atomic mass is 35.5. The molecule has 3 heteroatoms. The van der Waals surface area contributed by atoms with Crippen LogP contribution < -0.4 is 0 Å². The average Bonchev–Trinajstić information content (AvgIpc) is 2.88. The standard InChI is InChI=1S/C31H25ClN2/c1-22-15-20-29(24-9-4-2-5-10-24)33-31(25-11-6-3-7-12-25)34-30(22)27-14-8-13-26(21-27)23-16-18-28(32)19-17-23/h2-14,16-19,21H,15,20H2,1H3/b30-22-,33-29+,34-31-. The maximum Gasteiger partial charge on any atom is 0.160 e. The van der Waals surface area contributed by atoms with E-state index in [1.165, 1.54) is 5.57 Å². The quantitative estimate of drug-likeness (QED) is 0.291. The summed E-state index contributed by atoms with van der Waals surface area (Å²) >= 11 is 6.10. The van der Waals surface area contributed by atoms with Crippen LogP contribution in [0.2, 0.25) is 5.02 Å². The first-order valence-corrected chi connectivity index (χ1v) is 11.9. The van der Waals surface area contributed by atoms with Gasteiger partial charge in [0.05, 0.1) is 11.4 Å². The molecule has 0 aliphatic carbocycles. The monoisotopic (exact) mass is 460 g/mol. The molecule has 0 radical (unpaired) electrons. The van der Waals surface area contributed by atoms with E-state index >= 15 is 0 Å². The van der Waals surface area contributed by atoms with Gasteiger partial charge in [0.25, 0.3) is 0 Å². The molecule has 0 atom stereocenters. The van der Waals surface area contributed by atoms with E-state index in [0.29, 0.717) is 0 Å². The highest BCUT2D eigenvalue weighted by Crippen LogP contribution is 2.31. The Labute approximate surface area is 206 Å². The first-order valence-electron chi connectivity index (χ1n) is 11.5. The minimum absolute atomic E-state index is 0.739. The third-order valence-corrected chi connectivity index (χ3v) is 6.30. The fourth-order valence-electron chi connectivity index (χ4n) is 4.19. The van der Waals surface area contributed by atoms with Crippen molar-refractivity contribution < 1.29 is 0 Å². The molecule has 1 heterocycles. The van der Waals surface area contributed by atoms with Crippen molar-refractivity contribution in [3.8, 4) is 11.1 Å². The Morgan fingerprint density at radius 3 is 1.88 bits per heavy atom. The smallest absolute Gasteiger partial charge is 0.160 e. The molecule has 2 nitrogen and oxygen atoms in total. The lowest BCUT2D eigenvalue weighted by Crippen LogP contribution is -2.10. The molecule has 0 spiro atoms. The lowest BCUT2D eigenvalue weighted by molar-refractivity contribution is 1.00. The summed E-state index contributed by atoms with van der Waals surface area (Å²) in [4.78, 5) is 10.3. The fourth-order valence-corrected chi connectivity index (χ4v) is 4.32. The van der Waals surface area contributed by atoms with Gasteiger partial charge in [-0.3, -0.25) is 0 Å². The van der Waals surface area contributed by atoms with Crippen molar-refractivity contribution in [3.63, 3.8) is 0 Å². The Kier molecular flexibility index (Phi) is 6.51. The van der Waals surface area contributed by atoms with Crippen molar-refractivity contribution >= 4 is 28.8 Å². The van der Waals surface area contributed by atoms with Gasteiger partial charge in [-0.05, 0) is 60.2 Å². The molecule has 1 aliphatic heterocycles. The van der Waals surface area contributed by atoms with Gasteiger partial charge in [0.15, 0.2) is 5.84 Å². The van der Waals surface area contributed by atoms with Crippen LogP contribution in [0.3, 0.4) is 0 Å². The Hall–Kier alpha value is -3.75. The number of nitrogens with zero attached hydrogens (tertiary/aromatic N) is 2. The summed E-state index contributed by atoms with van der Waals surface area (Å²) in [5.74, 6) is 0.741. The van der Waals surface area contributed by atoms with E-state index in [1.807, 2.05) is 36.4 Å². The zero-order valence-electron chi connectivity index (χ0n) is 19.1. The second kappa shape index (κ2) is 10.0. The van der Waals surface area contributed by atoms with Gasteiger partial charge in [-0.2, -0.15) is 0 Å². The highest BCUT2D eigenvalue weighted by molar-refractivity contribution is 6.30. The van der Waals surface area contributed by atoms with Crippen LogP contribution >= 0.6 is 11.6 Å². The maximum atomic E-state index is 6.10. The van der Waals surface area contributed by atoms with Gasteiger partial charge < -0.3 is 0 Å². The minimum Gasteiger partial charge on any atom is -0.232 e. The summed E-state index contributed by atoms with van der Waals surface area (Å²) in [5, 5.41) is 0.739. The second-order valence-corrected chi connectivity index (χ2v) is 8.88. The van der Waals surface area contributed by atoms with Crippen LogP contribution in [0, 0.1) is 0 Å². The topological polar surface area (TPSA) is 24.7 Å². The first-order chi connectivity index (χ1) is 16.7. The summed E-state index contributed by atoms with van der Waals surface area (Å²) in [6.07, 6.45) is 1.77. The summed E-state index contributed by atoms with van der Waals surface area (Å²) in [7, 11) is 0. The molecule has 0 saturated heterocycles. The van der Waals surface area contributed by atoms with Crippen molar-refractivity contribution in [1.29, 1.82) is 0 Å². The minimum atomic E-state index is 0.739. The number of hydrogen-bond acceptors (Lipinski definition) is 2. The molecule has 34 heavy (non-hydrogen) atoms. The molecular formula is C31H25ClN2. The van der Waals surface area contributed by atoms with Crippen molar-refractivity contribution in [2.75, 3.05) is 0 Å². The van der Waals surface area contributed by atoms with Crippen LogP contribution in [-0.2, 0) is 0 Å². The summed E-state index contributed by atoms with van der Waals surface area (Å²) < 4.78 is 0. The van der Waals surface area contributed by atoms with Gasteiger partial charge in [-0.1, -0.05) is 103 Å². The summed E-state index contributed by atoms with van der Waals surface area (Å²) in [5.41, 5.74) is 8.83. The Balaban J connectivity index is 1.62. The van der Waals surface area contributed by atoms with E-state index in [9.17, 15) is 0 Å². The molecule has 0 bridgehead atoms. The van der Waals surface area contributed by atoms with Crippen LogP contribution in [-0.4, -0.2) is 11.5 Å². The van der Waals surface area contributed by atoms with E-state index < -0.39 is 0 Å². The number of halogens is 1. The number of allylic oxidation sites excluding steroid dienone is 1. The van der Waals surface area contributed by atoms with Crippen molar-refractivity contribution in [1.82, 2.24) is 0 Å². The van der Waals surface area contributed by atoms with E-state index in [1.54, 1.807) is 0 Å². The fraction of sp³-hybridized carbons (Fsp3) is 0.0968. The van der Waals surface area contributed by atoms with Crippen LogP contribution in [0.4, 0.5) is 0 Å². The van der Waals surface area contributed by atoms with Gasteiger partial charge >= 0.3 is 0 Å². The lowest BCUT2D eigenvalue weighted by Gasteiger charge is -2.17. The predicted octanol–water partition coefficient (Wildman–Crippen LogP) is 8.47. The largest absolute Gasteiger partial charge is 0.232 e. The number of hydrogen-bond donors (Lipinski definition) is 0. The SMILES string of the molecule is C/C1=C(c2cccc(-c3ccc(Cl)cc3)c2)/N=C(c2ccccc2)\N=C(\c2ccccc2)CC1. The molecule has 0 N–H and O–H groups in total. The number of aliphatic imine (C=N–C) groups is 2. The van der Waals surface area contributed by atoms with Gasteiger partial charge in [0.2, 0.25) is 0 Å². The summed E-state index contributed by atoms with van der Waals surface area (Å²) in [6.45, 7) is 2.18. The van der Waals surface area contributed by atoms with Crippen molar-refractivity contribution in [3.05, 3.63) is 136 Å². The normalized spacial score (nSPS) is 19.4. The predicted molar refractivity (Wildman–Crippen MR) is 145 cm³/mol. The maximum absolute atomic E-state index is 6.10. The Morgan fingerprint density at radius 2 is 1.18 bits per heavy atom.